The van der Waals surface area contributed by atoms with Crippen LogP contribution in [-0.2, 0) is 14.3 Å². The van der Waals surface area contributed by atoms with E-state index < -0.39 is 18.1 Å². The molecule has 0 bridgehead atoms. The van der Waals surface area contributed by atoms with E-state index in [1.807, 2.05) is 9.80 Å². The van der Waals surface area contributed by atoms with Crippen molar-refractivity contribution < 1.29 is 27.5 Å². The van der Waals surface area contributed by atoms with Gasteiger partial charge >= 0.3 is 6.18 Å². The Morgan fingerprint density at radius 1 is 1.04 bits per heavy atom. The molecule has 1 aliphatic carbocycles. The number of hydrogen-bond acceptors (Lipinski definition) is 5. The maximum atomic E-state index is 12.9. The molecule has 1 aliphatic heterocycles. The van der Waals surface area contributed by atoms with Crippen LogP contribution in [0.5, 0.6) is 0 Å². The van der Waals surface area contributed by atoms with Gasteiger partial charge in [-0.25, -0.2) is 0 Å². The average molecular weight is 408 g/mol. The fourth-order valence-corrected chi connectivity index (χ4v) is 3.75. The molecule has 2 atom stereocenters. The summed E-state index contributed by atoms with van der Waals surface area (Å²) in [6, 6.07) is -0.398. The van der Waals surface area contributed by atoms with E-state index >= 15 is 0 Å². The third-order valence-electron chi connectivity index (χ3n) is 5.33. The highest BCUT2D eigenvalue weighted by Crippen LogP contribution is 2.37. The quantitative estimate of drug-likeness (QED) is 0.576. The highest BCUT2D eigenvalue weighted by atomic mass is 19.4. The van der Waals surface area contributed by atoms with Crippen molar-refractivity contribution in [3.63, 3.8) is 0 Å². The number of carbonyl (C=O) groups excluding carboxylic acids is 2. The lowest BCUT2D eigenvalue weighted by molar-refractivity contribution is -0.184. The number of nitrogens with zero attached hydrogens (tertiary/aromatic N) is 2. The minimum Gasteiger partial charge on any atom is -0.383 e. The van der Waals surface area contributed by atoms with Gasteiger partial charge in [-0.15, -0.1) is 0 Å². The second-order valence-corrected chi connectivity index (χ2v) is 7.56. The highest BCUT2D eigenvalue weighted by molar-refractivity contribution is 5.78. The summed E-state index contributed by atoms with van der Waals surface area (Å²) in [5, 5.41) is 5.54. The molecule has 0 radical (unpaired) electrons. The molecule has 1 heterocycles. The Morgan fingerprint density at radius 3 is 2.21 bits per heavy atom. The number of carbonyl (C=O) groups is 2. The molecule has 2 N–H and O–H groups in total. The molecule has 2 fully saturated rings. The molecule has 1 saturated heterocycles. The van der Waals surface area contributed by atoms with E-state index in [9.17, 15) is 22.8 Å². The van der Waals surface area contributed by atoms with Crippen molar-refractivity contribution in [1.82, 2.24) is 20.4 Å². The molecule has 28 heavy (non-hydrogen) atoms. The molecule has 7 nitrogen and oxygen atoms in total. The standard InChI is InChI=1S/C18H31F3N4O3/c1-28-10-5-22-16(26)12-24-6-8-25(9-7-24)13-17(27)23-15-4-2-3-14(11-15)18(19,20)21/h14-15H,2-13H2,1H3,(H,22,26)(H,23,27). The lowest BCUT2D eigenvalue weighted by Crippen LogP contribution is -2.52. The van der Waals surface area contributed by atoms with Crippen LogP contribution < -0.4 is 10.6 Å². The zero-order valence-electron chi connectivity index (χ0n) is 16.4. The van der Waals surface area contributed by atoms with Gasteiger partial charge in [-0.05, 0) is 19.3 Å². The van der Waals surface area contributed by atoms with Crippen LogP contribution in [0, 0.1) is 5.92 Å². The van der Waals surface area contributed by atoms with Gasteiger partial charge in [0.1, 0.15) is 0 Å². The maximum absolute atomic E-state index is 12.9. The second-order valence-electron chi connectivity index (χ2n) is 7.56. The summed E-state index contributed by atoms with van der Waals surface area (Å²) in [5.74, 6) is -1.59. The Balaban J connectivity index is 1.64. The van der Waals surface area contributed by atoms with E-state index in [2.05, 4.69) is 10.6 Å². The number of nitrogens with one attached hydrogen (secondary N) is 2. The molecule has 1 saturated carbocycles. The molecule has 10 heteroatoms. The van der Waals surface area contributed by atoms with E-state index in [4.69, 9.17) is 4.74 Å². The normalized spacial score (nSPS) is 24.7. The van der Waals surface area contributed by atoms with Crippen molar-refractivity contribution in [3.05, 3.63) is 0 Å². The first-order valence-electron chi connectivity index (χ1n) is 9.84. The smallest absolute Gasteiger partial charge is 0.383 e. The van der Waals surface area contributed by atoms with E-state index in [-0.39, 0.29) is 31.2 Å². The molecule has 0 aromatic rings. The molecule has 2 amide bonds. The predicted molar refractivity (Wildman–Crippen MR) is 97.7 cm³/mol. The van der Waals surface area contributed by atoms with Crippen LogP contribution in [0.1, 0.15) is 25.7 Å². The number of halogens is 3. The van der Waals surface area contributed by atoms with Crippen LogP contribution in [0.4, 0.5) is 13.2 Å². The van der Waals surface area contributed by atoms with Gasteiger partial charge in [-0.2, -0.15) is 13.2 Å². The summed E-state index contributed by atoms with van der Waals surface area (Å²) in [5.41, 5.74) is 0. The Bertz CT molecular complexity index is 511. The third kappa shape index (κ3) is 7.92. The van der Waals surface area contributed by atoms with Crippen molar-refractivity contribution in [2.24, 2.45) is 5.92 Å². The number of amides is 2. The van der Waals surface area contributed by atoms with Gasteiger partial charge in [0.2, 0.25) is 11.8 Å². The first-order valence-corrected chi connectivity index (χ1v) is 9.84. The van der Waals surface area contributed by atoms with Gasteiger partial charge in [-0.3, -0.25) is 19.4 Å². The second kappa shape index (κ2) is 11.0. The lowest BCUT2D eigenvalue weighted by atomic mass is 9.85. The molecule has 2 rings (SSSR count). The van der Waals surface area contributed by atoms with Gasteiger partial charge in [-0.1, -0.05) is 6.42 Å². The minimum absolute atomic E-state index is 0.0266. The van der Waals surface area contributed by atoms with E-state index in [0.717, 1.165) is 0 Å². The number of ether oxygens (including phenoxy) is 1. The molecule has 0 aromatic carbocycles. The van der Waals surface area contributed by atoms with Crippen molar-refractivity contribution in [2.75, 3.05) is 59.5 Å². The summed E-state index contributed by atoms with van der Waals surface area (Å²) < 4.78 is 43.5. The minimum atomic E-state index is -4.18. The first kappa shape index (κ1) is 22.9. The Morgan fingerprint density at radius 2 is 1.64 bits per heavy atom. The summed E-state index contributed by atoms with van der Waals surface area (Å²) in [6.07, 6.45) is -2.97. The van der Waals surface area contributed by atoms with Crippen molar-refractivity contribution >= 4 is 11.8 Å². The van der Waals surface area contributed by atoms with Crippen LogP contribution in [0.2, 0.25) is 0 Å². The van der Waals surface area contributed by atoms with Crippen LogP contribution in [-0.4, -0.2) is 93.4 Å². The molecular formula is C18H31F3N4O3. The molecular weight excluding hydrogens is 377 g/mol. The third-order valence-corrected chi connectivity index (χ3v) is 5.33. The highest BCUT2D eigenvalue weighted by Gasteiger charge is 2.42. The molecule has 2 unspecified atom stereocenters. The van der Waals surface area contributed by atoms with E-state index in [0.29, 0.717) is 58.7 Å². The van der Waals surface area contributed by atoms with Crippen LogP contribution in [0.3, 0.4) is 0 Å². The molecule has 0 aromatic heterocycles. The number of rotatable bonds is 8. The summed E-state index contributed by atoms with van der Waals surface area (Å²) >= 11 is 0. The van der Waals surface area contributed by atoms with Gasteiger partial charge < -0.3 is 15.4 Å². The zero-order valence-corrected chi connectivity index (χ0v) is 16.4. The number of piperazine rings is 1. The van der Waals surface area contributed by atoms with Gasteiger partial charge in [0.15, 0.2) is 0 Å². The van der Waals surface area contributed by atoms with Crippen molar-refractivity contribution in [2.45, 2.75) is 37.9 Å². The van der Waals surface area contributed by atoms with Gasteiger partial charge in [0.05, 0.1) is 25.6 Å². The zero-order chi connectivity index (χ0) is 20.6. The van der Waals surface area contributed by atoms with Crippen LogP contribution >= 0.6 is 0 Å². The number of methoxy groups -OCH3 is 1. The molecule has 0 spiro atoms. The lowest BCUT2D eigenvalue weighted by Gasteiger charge is -2.35. The Labute approximate surface area is 163 Å². The van der Waals surface area contributed by atoms with Crippen molar-refractivity contribution in [3.8, 4) is 0 Å². The first-order chi connectivity index (χ1) is 13.3. The fourth-order valence-electron chi connectivity index (χ4n) is 3.75. The number of alkyl halides is 3. The molecule has 162 valence electrons. The van der Waals surface area contributed by atoms with Gasteiger partial charge in [0, 0.05) is 45.9 Å². The summed E-state index contributed by atoms with van der Waals surface area (Å²) in [6.45, 7) is 4.08. The van der Waals surface area contributed by atoms with Gasteiger partial charge in [0.25, 0.3) is 0 Å². The SMILES string of the molecule is COCCNC(=O)CN1CCN(CC(=O)NC2CCCC(C(F)(F)F)C2)CC1. The Kier molecular flexibility index (Phi) is 8.97. The molecule has 2 aliphatic rings. The topological polar surface area (TPSA) is 73.9 Å². The summed E-state index contributed by atoms with van der Waals surface area (Å²) in [7, 11) is 1.57. The fraction of sp³-hybridized carbons (Fsp3) is 0.889. The van der Waals surface area contributed by atoms with Crippen molar-refractivity contribution in [1.29, 1.82) is 0 Å². The summed E-state index contributed by atoms with van der Waals surface area (Å²) in [4.78, 5) is 28.0. The average Bonchev–Trinajstić information content (AvgIpc) is 2.63. The van der Waals surface area contributed by atoms with E-state index in [1.54, 1.807) is 7.11 Å². The van der Waals surface area contributed by atoms with E-state index in [1.165, 1.54) is 0 Å². The van der Waals surface area contributed by atoms with Crippen LogP contribution in [0.15, 0.2) is 0 Å². The Hall–Kier alpha value is -1.39. The predicted octanol–water partition coefficient (Wildman–Crippen LogP) is 0.604. The number of hydrogen-bond donors (Lipinski definition) is 2. The van der Waals surface area contributed by atoms with Crippen LogP contribution in [0.25, 0.3) is 0 Å². The largest absolute Gasteiger partial charge is 0.391 e. The monoisotopic (exact) mass is 408 g/mol. The maximum Gasteiger partial charge on any atom is 0.391 e.